The molecule has 2 amide bonds. The highest BCUT2D eigenvalue weighted by Gasteiger charge is 2.49. The summed E-state index contributed by atoms with van der Waals surface area (Å²) in [6.07, 6.45) is -0.148. The highest BCUT2D eigenvalue weighted by Crippen LogP contribution is 2.31. The van der Waals surface area contributed by atoms with Crippen LogP contribution in [0, 0.1) is 5.41 Å². The third-order valence-electron chi connectivity index (χ3n) is 5.42. The summed E-state index contributed by atoms with van der Waals surface area (Å²) in [4.78, 5) is 27.1. The third-order valence-corrected chi connectivity index (χ3v) is 5.42. The van der Waals surface area contributed by atoms with Gasteiger partial charge in [-0.3, -0.25) is 9.59 Å². The van der Waals surface area contributed by atoms with Crippen LogP contribution in [0.4, 0.5) is 5.69 Å². The van der Waals surface area contributed by atoms with E-state index in [0.29, 0.717) is 6.54 Å². The van der Waals surface area contributed by atoms with E-state index in [1.54, 1.807) is 24.8 Å². The van der Waals surface area contributed by atoms with Crippen molar-refractivity contribution < 1.29 is 28.9 Å². The second-order valence-electron chi connectivity index (χ2n) is 9.78. The number of nitrogens with one attached hydrogen (secondary N) is 1. The smallest absolute Gasteiger partial charge is 0.252 e. The first-order valence-electron chi connectivity index (χ1n) is 10.8. The Bertz CT molecular complexity index is 848. The van der Waals surface area contributed by atoms with Crippen LogP contribution in [0.2, 0.25) is 0 Å². The first kappa shape index (κ1) is 24.4. The van der Waals surface area contributed by atoms with Crippen LogP contribution in [0.3, 0.4) is 0 Å². The van der Waals surface area contributed by atoms with Crippen molar-refractivity contribution >= 4 is 17.5 Å². The lowest BCUT2D eigenvalue weighted by Crippen LogP contribution is -2.67. The standard InChI is InChI=1S/C24H34N2O6/c1-23(2,3)13-12-17-18(27)19(32-24(4,5)31-17)20(30-6)21(28)25-16-14-26(22(16)29)15-10-8-7-9-11-15/h7-13,16-20,27H,14H2,1-6H3,(H,25,28)/t16?,17-,18+,19-,20?/m1/s1. The maximum absolute atomic E-state index is 13.0. The van der Waals surface area contributed by atoms with Crippen LogP contribution in [0.5, 0.6) is 0 Å². The average Bonchev–Trinajstić information content (AvgIpc) is 2.72. The molecule has 176 valence electrons. The van der Waals surface area contributed by atoms with Gasteiger partial charge in [-0.2, -0.15) is 0 Å². The Morgan fingerprint density at radius 3 is 2.50 bits per heavy atom. The quantitative estimate of drug-likeness (QED) is 0.513. The number of allylic oxidation sites excluding steroid dienone is 1. The summed E-state index contributed by atoms with van der Waals surface area (Å²) in [5.41, 5.74) is 0.679. The van der Waals surface area contributed by atoms with Gasteiger partial charge < -0.3 is 29.5 Å². The maximum atomic E-state index is 13.0. The molecule has 0 spiro atoms. The molecule has 0 saturated carbocycles. The van der Waals surface area contributed by atoms with Crippen LogP contribution in [-0.2, 0) is 23.8 Å². The Balaban J connectivity index is 1.68. The number of carbonyl (C=O) groups is 2. The highest BCUT2D eigenvalue weighted by atomic mass is 16.7. The van der Waals surface area contributed by atoms with E-state index in [0.717, 1.165) is 5.69 Å². The first-order valence-corrected chi connectivity index (χ1v) is 10.8. The van der Waals surface area contributed by atoms with Crippen molar-refractivity contribution in [3.8, 4) is 0 Å². The van der Waals surface area contributed by atoms with Crippen molar-refractivity contribution in [2.24, 2.45) is 5.41 Å². The Labute approximate surface area is 189 Å². The minimum absolute atomic E-state index is 0.103. The summed E-state index contributed by atoms with van der Waals surface area (Å²) in [7, 11) is 1.38. The molecule has 2 aliphatic rings. The van der Waals surface area contributed by atoms with Crippen LogP contribution in [0.15, 0.2) is 42.5 Å². The van der Waals surface area contributed by atoms with Crippen molar-refractivity contribution in [2.45, 2.75) is 70.9 Å². The molecule has 0 aromatic heterocycles. The van der Waals surface area contributed by atoms with Gasteiger partial charge in [-0.25, -0.2) is 0 Å². The molecule has 0 aliphatic carbocycles. The maximum Gasteiger partial charge on any atom is 0.252 e. The first-order chi connectivity index (χ1) is 14.9. The van der Waals surface area contributed by atoms with Crippen molar-refractivity contribution in [2.75, 3.05) is 18.6 Å². The van der Waals surface area contributed by atoms with Crippen molar-refractivity contribution in [1.82, 2.24) is 5.32 Å². The summed E-state index contributed by atoms with van der Waals surface area (Å²) < 4.78 is 17.2. The lowest BCUT2D eigenvalue weighted by molar-refractivity contribution is -0.334. The predicted molar refractivity (Wildman–Crippen MR) is 120 cm³/mol. The number of rotatable bonds is 6. The fourth-order valence-electron chi connectivity index (χ4n) is 3.81. The number of aliphatic hydroxyl groups excluding tert-OH is 1. The van der Waals surface area contributed by atoms with E-state index in [4.69, 9.17) is 14.2 Å². The summed E-state index contributed by atoms with van der Waals surface area (Å²) in [5.74, 6) is -1.75. The number of hydrogen-bond donors (Lipinski definition) is 2. The van der Waals surface area contributed by atoms with E-state index < -0.39 is 42.2 Å². The van der Waals surface area contributed by atoms with E-state index in [-0.39, 0.29) is 11.3 Å². The molecule has 0 bridgehead atoms. The van der Waals surface area contributed by atoms with Gasteiger partial charge in [0, 0.05) is 12.8 Å². The molecule has 2 heterocycles. The summed E-state index contributed by atoms with van der Waals surface area (Å²) in [6.45, 7) is 9.93. The van der Waals surface area contributed by atoms with Gasteiger partial charge >= 0.3 is 0 Å². The Morgan fingerprint density at radius 2 is 1.94 bits per heavy atom. The molecule has 2 saturated heterocycles. The molecule has 5 atom stereocenters. The molecule has 2 aliphatic heterocycles. The summed E-state index contributed by atoms with van der Waals surface area (Å²) in [5, 5.41) is 13.6. The number of methoxy groups -OCH3 is 1. The zero-order valence-electron chi connectivity index (χ0n) is 19.6. The van der Waals surface area contributed by atoms with Gasteiger partial charge in [0.2, 0.25) is 0 Å². The lowest BCUT2D eigenvalue weighted by Gasteiger charge is -2.45. The van der Waals surface area contributed by atoms with Gasteiger partial charge in [0.15, 0.2) is 11.9 Å². The normalized spacial score (nSPS) is 29.0. The van der Waals surface area contributed by atoms with Gasteiger partial charge in [0.25, 0.3) is 11.8 Å². The van der Waals surface area contributed by atoms with E-state index >= 15 is 0 Å². The molecule has 2 unspecified atom stereocenters. The molecule has 2 N–H and O–H groups in total. The molecular weight excluding hydrogens is 412 g/mol. The van der Waals surface area contributed by atoms with E-state index in [1.165, 1.54) is 7.11 Å². The fourth-order valence-corrected chi connectivity index (χ4v) is 3.81. The Kier molecular flexibility index (Phi) is 7.09. The number of hydrogen-bond acceptors (Lipinski definition) is 6. The number of benzene rings is 1. The van der Waals surface area contributed by atoms with Crippen LogP contribution < -0.4 is 10.2 Å². The van der Waals surface area contributed by atoms with Crippen LogP contribution >= 0.6 is 0 Å². The molecule has 8 heteroatoms. The highest BCUT2D eigenvalue weighted by molar-refractivity contribution is 6.06. The van der Waals surface area contributed by atoms with Crippen LogP contribution in [-0.4, -0.2) is 66.8 Å². The van der Waals surface area contributed by atoms with Gasteiger partial charge in [0.05, 0.1) is 6.54 Å². The fraction of sp³-hybridized carbons (Fsp3) is 0.583. The number of ether oxygens (including phenoxy) is 3. The topological polar surface area (TPSA) is 97.3 Å². The number of amides is 2. The minimum Gasteiger partial charge on any atom is -0.387 e. The third kappa shape index (κ3) is 5.56. The van der Waals surface area contributed by atoms with Gasteiger partial charge in [-0.15, -0.1) is 0 Å². The number of aliphatic hydroxyl groups is 1. The zero-order valence-corrected chi connectivity index (χ0v) is 19.6. The second-order valence-corrected chi connectivity index (χ2v) is 9.78. The van der Waals surface area contributed by atoms with E-state index in [2.05, 4.69) is 5.32 Å². The number of nitrogens with zero attached hydrogens (tertiary/aromatic N) is 1. The molecule has 3 rings (SSSR count). The summed E-state index contributed by atoms with van der Waals surface area (Å²) in [6, 6.07) is 8.61. The monoisotopic (exact) mass is 446 g/mol. The lowest BCUT2D eigenvalue weighted by atomic mass is 9.93. The second kappa shape index (κ2) is 9.31. The van der Waals surface area contributed by atoms with Gasteiger partial charge in [-0.05, 0) is 31.4 Å². The predicted octanol–water partition coefficient (Wildman–Crippen LogP) is 2.02. The number of para-hydroxylation sites is 1. The van der Waals surface area contributed by atoms with Crippen molar-refractivity contribution in [1.29, 1.82) is 0 Å². The Hall–Kier alpha value is -2.26. The van der Waals surface area contributed by atoms with Crippen LogP contribution in [0.1, 0.15) is 34.6 Å². The Morgan fingerprint density at radius 1 is 1.28 bits per heavy atom. The zero-order chi connectivity index (χ0) is 23.7. The number of carbonyl (C=O) groups excluding carboxylic acids is 2. The SMILES string of the molecule is COC(C(=O)NC1CN(c2ccccc2)C1=O)[C@@H]1OC(C)(C)O[C@H](C=CC(C)(C)C)[C@@H]1O. The molecule has 2 fully saturated rings. The molecular formula is C24H34N2O6. The molecule has 32 heavy (non-hydrogen) atoms. The largest absolute Gasteiger partial charge is 0.387 e. The summed E-state index contributed by atoms with van der Waals surface area (Å²) >= 11 is 0. The molecule has 8 nitrogen and oxygen atoms in total. The molecule has 1 aromatic rings. The average molecular weight is 447 g/mol. The molecule has 0 radical (unpaired) electrons. The van der Waals surface area contributed by atoms with Crippen molar-refractivity contribution in [3.05, 3.63) is 42.5 Å². The van der Waals surface area contributed by atoms with Gasteiger partial charge in [-0.1, -0.05) is 51.1 Å². The van der Waals surface area contributed by atoms with Gasteiger partial charge in [0.1, 0.15) is 24.4 Å². The van der Waals surface area contributed by atoms with E-state index in [9.17, 15) is 14.7 Å². The van der Waals surface area contributed by atoms with Crippen molar-refractivity contribution in [3.63, 3.8) is 0 Å². The van der Waals surface area contributed by atoms with Crippen LogP contribution in [0.25, 0.3) is 0 Å². The minimum atomic E-state index is -1.13. The molecule has 1 aromatic carbocycles. The number of β-lactam (4-membered cyclic amide) rings is 1. The number of anilines is 1. The van der Waals surface area contributed by atoms with E-state index in [1.807, 2.05) is 57.2 Å².